The van der Waals surface area contributed by atoms with E-state index in [0.717, 1.165) is 11.3 Å². The monoisotopic (exact) mass is 323 g/mol. The maximum Gasteiger partial charge on any atom is 0.291 e. The van der Waals surface area contributed by atoms with E-state index in [0.29, 0.717) is 27.5 Å². The van der Waals surface area contributed by atoms with Gasteiger partial charge in [-0.25, -0.2) is 4.98 Å². The zero-order valence-electron chi connectivity index (χ0n) is 12.4. The molecule has 0 spiro atoms. The Kier molecular flexibility index (Phi) is 3.31. The minimum Gasteiger partial charge on any atom is -0.462 e. The van der Waals surface area contributed by atoms with Gasteiger partial charge in [-0.2, -0.15) is 4.52 Å². The van der Waals surface area contributed by atoms with Crippen LogP contribution in [0.15, 0.2) is 51.7 Å². The van der Waals surface area contributed by atoms with Crippen LogP contribution in [-0.4, -0.2) is 14.6 Å². The van der Waals surface area contributed by atoms with Gasteiger partial charge < -0.3 is 4.42 Å². The van der Waals surface area contributed by atoms with E-state index in [2.05, 4.69) is 10.1 Å². The number of hydrogen-bond donors (Lipinski definition) is 0. The third-order valence-electron chi connectivity index (χ3n) is 3.47. The van der Waals surface area contributed by atoms with Crippen molar-refractivity contribution in [2.45, 2.75) is 13.3 Å². The Morgan fingerprint density at radius 3 is 2.74 bits per heavy atom. The predicted molar refractivity (Wildman–Crippen MR) is 88.6 cm³/mol. The zero-order valence-corrected chi connectivity index (χ0v) is 13.2. The molecule has 5 nitrogen and oxygen atoms in total. The van der Waals surface area contributed by atoms with Gasteiger partial charge in [-0.15, -0.1) is 5.10 Å². The molecule has 0 aliphatic heterocycles. The first kappa shape index (κ1) is 13.9. The van der Waals surface area contributed by atoms with Crippen LogP contribution in [-0.2, 0) is 6.42 Å². The van der Waals surface area contributed by atoms with Crippen molar-refractivity contribution in [1.29, 1.82) is 0 Å². The van der Waals surface area contributed by atoms with E-state index in [1.807, 2.05) is 49.4 Å². The molecule has 3 heterocycles. The van der Waals surface area contributed by atoms with Crippen LogP contribution in [0.5, 0.6) is 0 Å². The van der Waals surface area contributed by atoms with E-state index in [-0.39, 0.29) is 5.56 Å². The lowest BCUT2D eigenvalue weighted by atomic mass is 10.1. The maximum absolute atomic E-state index is 12.4. The van der Waals surface area contributed by atoms with E-state index in [9.17, 15) is 4.79 Å². The largest absolute Gasteiger partial charge is 0.462 e. The average molecular weight is 323 g/mol. The molecule has 0 atom stereocenters. The van der Waals surface area contributed by atoms with Gasteiger partial charge in [-0.05, 0) is 24.6 Å². The van der Waals surface area contributed by atoms with Crippen molar-refractivity contribution < 1.29 is 4.42 Å². The molecule has 0 radical (unpaired) electrons. The summed E-state index contributed by atoms with van der Waals surface area (Å²) in [4.78, 5) is 17.5. The first-order valence-corrected chi connectivity index (χ1v) is 8.01. The van der Waals surface area contributed by atoms with Crippen molar-refractivity contribution in [3.8, 4) is 0 Å². The number of furan rings is 1. The summed E-state index contributed by atoms with van der Waals surface area (Å²) in [6.45, 7) is 1.87. The van der Waals surface area contributed by atoms with Gasteiger partial charge >= 0.3 is 0 Å². The smallest absolute Gasteiger partial charge is 0.291 e. The van der Waals surface area contributed by atoms with Crippen LogP contribution in [0.25, 0.3) is 11.0 Å². The van der Waals surface area contributed by atoms with Crippen LogP contribution in [0, 0.1) is 6.92 Å². The lowest BCUT2D eigenvalue weighted by Gasteiger charge is -1.94. The number of nitrogens with zero attached hydrogens (tertiary/aromatic N) is 3. The second kappa shape index (κ2) is 5.48. The van der Waals surface area contributed by atoms with Crippen molar-refractivity contribution in [1.82, 2.24) is 14.6 Å². The quantitative estimate of drug-likeness (QED) is 0.580. The molecular formula is C17H13N3O2S. The number of aromatic nitrogens is 3. The molecule has 0 amide bonds. The number of benzene rings is 1. The molecule has 4 rings (SSSR count). The van der Waals surface area contributed by atoms with Gasteiger partial charge in [-0.3, -0.25) is 4.79 Å². The van der Waals surface area contributed by atoms with Gasteiger partial charge in [0.1, 0.15) is 16.1 Å². The van der Waals surface area contributed by atoms with Crippen LogP contribution in [0.4, 0.5) is 0 Å². The van der Waals surface area contributed by atoms with Crippen LogP contribution >= 0.6 is 11.3 Å². The number of thiazole rings is 1. The average Bonchev–Trinajstić information content (AvgIpc) is 3.20. The molecular weight excluding hydrogens is 310 g/mol. The molecule has 0 bridgehead atoms. The highest BCUT2D eigenvalue weighted by Gasteiger charge is 2.11. The SMILES string of the molecule is Cc1ccc(/C=c2\sc3nc(Cc4ccccc4)nn3c2=O)o1. The molecule has 0 aliphatic carbocycles. The molecule has 23 heavy (non-hydrogen) atoms. The Bertz CT molecular complexity index is 1080. The molecule has 6 heteroatoms. The fourth-order valence-corrected chi connectivity index (χ4v) is 3.29. The zero-order chi connectivity index (χ0) is 15.8. The summed E-state index contributed by atoms with van der Waals surface area (Å²) in [5.74, 6) is 2.13. The summed E-state index contributed by atoms with van der Waals surface area (Å²) >= 11 is 1.32. The summed E-state index contributed by atoms with van der Waals surface area (Å²) in [5.41, 5.74) is 0.960. The van der Waals surface area contributed by atoms with Crippen molar-refractivity contribution >= 4 is 22.4 Å². The predicted octanol–water partition coefficient (Wildman–Crippen LogP) is 2.19. The van der Waals surface area contributed by atoms with E-state index >= 15 is 0 Å². The molecule has 0 fully saturated rings. The van der Waals surface area contributed by atoms with E-state index < -0.39 is 0 Å². The van der Waals surface area contributed by atoms with Crippen LogP contribution in [0.2, 0.25) is 0 Å². The number of fused-ring (bicyclic) bond motifs is 1. The highest BCUT2D eigenvalue weighted by atomic mass is 32.1. The Labute approximate surface area is 135 Å². The fourth-order valence-electron chi connectivity index (χ4n) is 2.39. The third kappa shape index (κ3) is 2.68. The normalized spacial score (nSPS) is 12.3. The number of rotatable bonds is 3. The second-order valence-electron chi connectivity index (χ2n) is 5.25. The third-order valence-corrected chi connectivity index (χ3v) is 4.42. The number of aryl methyl sites for hydroxylation is 1. The molecule has 4 aromatic rings. The second-order valence-corrected chi connectivity index (χ2v) is 6.26. The Balaban J connectivity index is 1.72. The Morgan fingerprint density at radius 2 is 2.04 bits per heavy atom. The standard InChI is InChI=1S/C17H13N3O2S/c1-11-7-8-13(22-11)10-14-16(21)20-17(23-14)18-15(19-20)9-12-5-3-2-4-6-12/h2-8,10H,9H2,1H3/b14-10-. The molecule has 0 unspecified atom stereocenters. The molecule has 0 aliphatic rings. The van der Waals surface area contributed by atoms with Gasteiger partial charge in [0.2, 0.25) is 4.96 Å². The summed E-state index contributed by atoms with van der Waals surface area (Å²) in [7, 11) is 0. The molecule has 0 saturated carbocycles. The lowest BCUT2D eigenvalue weighted by Crippen LogP contribution is -2.23. The fraction of sp³-hybridized carbons (Fsp3) is 0.118. The lowest BCUT2D eigenvalue weighted by molar-refractivity contribution is 0.525. The summed E-state index contributed by atoms with van der Waals surface area (Å²) in [6, 6.07) is 13.7. The number of hydrogen-bond acceptors (Lipinski definition) is 5. The van der Waals surface area contributed by atoms with Gasteiger partial charge in [0, 0.05) is 12.5 Å². The molecule has 0 N–H and O–H groups in total. The topological polar surface area (TPSA) is 60.4 Å². The first-order valence-electron chi connectivity index (χ1n) is 7.19. The van der Waals surface area contributed by atoms with Crippen molar-refractivity contribution in [3.63, 3.8) is 0 Å². The van der Waals surface area contributed by atoms with E-state index in [1.165, 1.54) is 15.9 Å². The van der Waals surface area contributed by atoms with Crippen LogP contribution in [0.1, 0.15) is 22.9 Å². The minimum atomic E-state index is -0.161. The molecule has 114 valence electrons. The summed E-state index contributed by atoms with van der Waals surface area (Å²) in [6.07, 6.45) is 2.35. The highest BCUT2D eigenvalue weighted by molar-refractivity contribution is 7.15. The van der Waals surface area contributed by atoms with Crippen molar-refractivity contribution in [2.75, 3.05) is 0 Å². The minimum absolute atomic E-state index is 0.161. The molecule has 1 aromatic carbocycles. The van der Waals surface area contributed by atoms with Gasteiger partial charge in [-0.1, -0.05) is 41.7 Å². The van der Waals surface area contributed by atoms with Gasteiger partial charge in [0.05, 0.1) is 0 Å². The maximum atomic E-state index is 12.4. The van der Waals surface area contributed by atoms with Crippen LogP contribution < -0.4 is 10.1 Å². The Morgan fingerprint density at radius 1 is 1.22 bits per heavy atom. The van der Waals surface area contributed by atoms with Gasteiger partial charge in [0.15, 0.2) is 5.82 Å². The van der Waals surface area contributed by atoms with Crippen molar-refractivity contribution in [2.24, 2.45) is 0 Å². The molecule has 3 aromatic heterocycles. The van der Waals surface area contributed by atoms with E-state index in [1.54, 1.807) is 6.08 Å². The first-order chi connectivity index (χ1) is 11.2. The Hall–Kier alpha value is -2.73. The summed E-state index contributed by atoms with van der Waals surface area (Å²) < 4.78 is 7.42. The molecule has 0 saturated heterocycles. The highest BCUT2D eigenvalue weighted by Crippen LogP contribution is 2.09. The van der Waals surface area contributed by atoms with Crippen LogP contribution in [0.3, 0.4) is 0 Å². The van der Waals surface area contributed by atoms with Gasteiger partial charge in [0.25, 0.3) is 5.56 Å². The summed E-state index contributed by atoms with van der Waals surface area (Å²) in [5, 5.41) is 4.33. The van der Waals surface area contributed by atoms with E-state index in [4.69, 9.17) is 4.42 Å². The van der Waals surface area contributed by atoms with Crippen molar-refractivity contribution in [3.05, 3.63) is 80.3 Å².